The van der Waals surface area contributed by atoms with E-state index in [-0.39, 0.29) is 6.09 Å². The number of para-hydroxylation sites is 1. The van der Waals surface area contributed by atoms with Gasteiger partial charge < -0.3 is 14.5 Å². The van der Waals surface area contributed by atoms with Gasteiger partial charge >= 0.3 is 6.09 Å². The monoisotopic (exact) mass is 427 g/mol. The normalized spacial score (nSPS) is 17.1. The summed E-state index contributed by atoms with van der Waals surface area (Å²) in [6.07, 6.45) is 1.33. The number of ether oxygens (including phenoxy) is 1. The van der Waals surface area contributed by atoms with Crippen LogP contribution in [0.3, 0.4) is 0 Å². The van der Waals surface area contributed by atoms with Crippen molar-refractivity contribution in [2.75, 3.05) is 31.1 Å². The van der Waals surface area contributed by atoms with Crippen molar-refractivity contribution in [1.29, 1.82) is 0 Å². The lowest BCUT2D eigenvalue weighted by atomic mass is 10.1. The zero-order chi connectivity index (χ0) is 21.1. The molecular formula is C20H30ClN3O3S. The predicted octanol–water partition coefficient (Wildman–Crippen LogP) is 4.28. The lowest BCUT2D eigenvalue weighted by Gasteiger charge is -2.37. The molecule has 0 bridgehead atoms. The fourth-order valence-corrected chi connectivity index (χ4v) is 3.50. The van der Waals surface area contributed by atoms with Gasteiger partial charge in [-0.3, -0.25) is 0 Å². The zero-order valence-electron chi connectivity index (χ0n) is 17.5. The maximum atomic E-state index is 12.3. The lowest BCUT2D eigenvalue weighted by molar-refractivity contribution is 0.0240. The number of carbonyl (C=O) groups excluding carboxylic acids is 1. The van der Waals surface area contributed by atoms with Gasteiger partial charge in [0.15, 0.2) is 0 Å². The lowest BCUT2D eigenvalue weighted by Crippen LogP contribution is -2.50. The van der Waals surface area contributed by atoms with Crippen molar-refractivity contribution in [1.82, 2.24) is 4.90 Å². The number of nitrogens with zero attached hydrogens (tertiary/aromatic N) is 3. The van der Waals surface area contributed by atoms with Gasteiger partial charge in [0.25, 0.3) is 0 Å². The fraction of sp³-hybridized carbons (Fsp3) is 0.600. The quantitative estimate of drug-likeness (QED) is 0.675. The van der Waals surface area contributed by atoms with Crippen LogP contribution in [0.4, 0.5) is 10.5 Å². The minimum atomic E-state index is -1.34. The third kappa shape index (κ3) is 6.21. The highest BCUT2D eigenvalue weighted by Crippen LogP contribution is 2.30. The topological polar surface area (TPSA) is 62.2 Å². The molecule has 1 aliphatic rings. The molecule has 1 aliphatic heterocycles. The molecule has 1 amide bonds. The Bertz CT molecular complexity index is 761. The van der Waals surface area contributed by atoms with E-state index in [4.69, 9.17) is 16.3 Å². The molecule has 6 nitrogen and oxygen atoms in total. The van der Waals surface area contributed by atoms with Gasteiger partial charge in [0.1, 0.15) is 16.6 Å². The number of anilines is 1. The van der Waals surface area contributed by atoms with Gasteiger partial charge in [0.2, 0.25) is 0 Å². The molecule has 0 spiro atoms. The third-order valence-electron chi connectivity index (χ3n) is 4.08. The van der Waals surface area contributed by atoms with Crippen molar-refractivity contribution >= 4 is 40.6 Å². The van der Waals surface area contributed by atoms with E-state index in [0.717, 1.165) is 11.3 Å². The second-order valence-electron chi connectivity index (χ2n) is 8.73. The van der Waals surface area contributed by atoms with Crippen LogP contribution in [0.15, 0.2) is 22.6 Å². The van der Waals surface area contributed by atoms with Crippen LogP contribution >= 0.6 is 11.6 Å². The molecule has 0 unspecified atom stereocenters. The Kier molecular flexibility index (Phi) is 7.15. The molecule has 2 rings (SSSR count). The van der Waals surface area contributed by atoms with E-state index in [0.29, 0.717) is 31.2 Å². The van der Waals surface area contributed by atoms with E-state index >= 15 is 0 Å². The van der Waals surface area contributed by atoms with E-state index in [1.54, 1.807) is 11.1 Å². The van der Waals surface area contributed by atoms with Crippen molar-refractivity contribution in [3.63, 3.8) is 0 Å². The van der Waals surface area contributed by atoms with E-state index in [2.05, 4.69) is 9.30 Å². The maximum absolute atomic E-state index is 12.3. The first kappa shape index (κ1) is 22.7. The summed E-state index contributed by atoms with van der Waals surface area (Å²) < 4.78 is 21.5. The summed E-state index contributed by atoms with van der Waals surface area (Å²) >= 11 is 6.47. The molecule has 1 heterocycles. The smallest absolute Gasteiger partial charge is 0.410 e. The van der Waals surface area contributed by atoms with Crippen molar-refractivity contribution in [3.05, 3.63) is 28.8 Å². The van der Waals surface area contributed by atoms with Gasteiger partial charge in [-0.25, -0.2) is 9.00 Å². The Hall–Kier alpha value is -1.60. The average Bonchev–Trinajstić information content (AvgIpc) is 2.57. The number of benzene rings is 1. The van der Waals surface area contributed by atoms with Gasteiger partial charge in [-0.15, -0.1) is 0 Å². The van der Waals surface area contributed by atoms with E-state index in [1.807, 2.05) is 59.7 Å². The molecule has 156 valence electrons. The maximum Gasteiger partial charge on any atom is 0.410 e. The SMILES string of the molecule is CC(C)(C)OC(=O)N1CCN(c2c(Cl)cccc2/C=N/[S@](=O)C(C)(C)C)CC1. The molecular weight excluding hydrogens is 398 g/mol. The summed E-state index contributed by atoms with van der Waals surface area (Å²) in [5.41, 5.74) is 1.15. The minimum absolute atomic E-state index is 0.298. The first-order valence-corrected chi connectivity index (χ1v) is 10.8. The second kappa shape index (κ2) is 8.82. The molecule has 0 radical (unpaired) electrons. The highest BCUT2D eigenvalue weighted by Gasteiger charge is 2.27. The van der Waals surface area contributed by atoms with Gasteiger partial charge in [0.05, 0.1) is 15.5 Å². The largest absolute Gasteiger partial charge is 0.444 e. The minimum Gasteiger partial charge on any atom is -0.444 e. The van der Waals surface area contributed by atoms with Crippen LogP contribution in [-0.2, 0) is 15.7 Å². The highest BCUT2D eigenvalue weighted by molar-refractivity contribution is 7.85. The highest BCUT2D eigenvalue weighted by atomic mass is 35.5. The molecule has 0 aliphatic carbocycles. The summed E-state index contributed by atoms with van der Waals surface area (Å²) in [4.78, 5) is 16.1. The van der Waals surface area contributed by atoms with E-state index in [9.17, 15) is 9.00 Å². The Labute approximate surface area is 175 Å². The molecule has 0 aromatic heterocycles. The summed E-state index contributed by atoms with van der Waals surface area (Å²) in [5, 5.41) is 0.608. The molecule has 1 aromatic carbocycles. The van der Waals surface area contributed by atoms with Crippen LogP contribution < -0.4 is 4.90 Å². The molecule has 1 atom stereocenters. The molecule has 8 heteroatoms. The van der Waals surface area contributed by atoms with Crippen LogP contribution in [0.2, 0.25) is 5.02 Å². The number of rotatable bonds is 3. The Morgan fingerprint density at radius 1 is 1.14 bits per heavy atom. The van der Waals surface area contributed by atoms with Crippen LogP contribution in [0.1, 0.15) is 47.1 Å². The van der Waals surface area contributed by atoms with E-state index < -0.39 is 21.3 Å². The number of carbonyl (C=O) groups is 1. The van der Waals surface area contributed by atoms with Crippen molar-refractivity contribution in [3.8, 4) is 0 Å². The van der Waals surface area contributed by atoms with Crippen molar-refractivity contribution in [2.45, 2.75) is 51.9 Å². The van der Waals surface area contributed by atoms with Crippen LogP contribution in [0, 0.1) is 0 Å². The van der Waals surface area contributed by atoms with Crippen LogP contribution in [0.5, 0.6) is 0 Å². The average molecular weight is 428 g/mol. The molecule has 1 fully saturated rings. The Balaban J connectivity index is 2.14. The van der Waals surface area contributed by atoms with Gasteiger partial charge in [-0.05, 0) is 47.6 Å². The first-order valence-electron chi connectivity index (χ1n) is 9.36. The van der Waals surface area contributed by atoms with Crippen molar-refractivity contribution in [2.24, 2.45) is 4.40 Å². The standard InChI is InChI=1S/C20H30ClN3O3S/c1-19(2,3)27-18(25)24-12-10-23(11-13-24)17-15(8-7-9-16(17)21)14-22-28(26)20(4,5)6/h7-9,14H,10-13H2,1-6H3/b22-14+/t28-/m1/s1. The number of hydrogen-bond donors (Lipinski definition) is 0. The third-order valence-corrected chi connectivity index (χ3v) is 5.73. The van der Waals surface area contributed by atoms with E-state index in [1.165, 1.54) is 0 Å². The summed E-state index contributed by atoms with van der Waals surface area (Å²) in [7, 11) is -1.34. The predicted molar refractivity (Wildman–Crippen MR) is 117 cm³/mol. The first-order chi connectivity index (χ1) is 12.9. The molecule has 0 saturated carbocycles. The van der Waals surface area contributed by atoms with Gasteiger partial charge in [-0.1, -0.05) is 23.7 Å². The van der Waals surface area contributed by atoms with Crippen LogP contribution in [-0.4, -0.2) is 57.9 Å². The number of amides is 1. The number of halogens is 1. The summed E-state index contributed by atoms with van der Waals surface area (Å²) in [6, 6.07) is 5.59. The Morgan fingerprint density at radius 3 is 2.29 bits per heavy atom. The summed E-state index contributed by atoms with van der Waals surface area (Å²) in [6.45, 7) is 13.6. The molecule has 28 heavy (non-hydrogen) atoms. The zero-order valence-corrected chi connectivity index (χ0v) is 19.1. The van der Waals surface area contributed by atoms with Crippen molar-refractivity contribution < 1.29 is 13.7 Å². The summed E-state index contributed by atoms with van der Waals surface area (Å²) in [5.74, 6) is 0. The molecule has 1 saturated heterocycles. The Morgan fingerprint density at radius 2 is 1.75 bits per heavy atom. The molecule has 1 aromatic rings. The fourth-order valence-electron chi connectivity index (χ4n) is 2.67. The van der Waals surface area contributed by atoms with Crippen LogP contribution in [0.25, 0.3) is 0 Å². The van der Waals surface area contributed by atoms with Gasteiger partial charge in [-0.2, -0.15) is 4.40 Å². The second-order valence-corrected chi connectivity index (χ2v) is 11.1. The number of hydrogen-bond acceptors (Lipinski definition) is 4. The number of piperazine rings is 1. The molecule has 0 N–H and O–H groups in total. The van der Waals surface area contributed by atoms with Gasteiger partial charge in [0, 0.05) is 38.0 Å².